The van der Waals surface area contributed by atoms with Gasteiger partial charge in [0.05, 0.1) is 41.1 Å². The fraction of sp³-hybridized carbons (Fsp3) is 0.235. The second-order valence-corrected chi connectivity index (χ2v) is 8.31. The first kappa shape index (κ1) is 16.4. The van der Waals surface area contributed by atoms with Crippen LogP contribution < -0.4 is 0 Å². The molecule has 130 valence electrons. The van der Waals surface area contributed by atoms with Crippen LogP contribution in [0, 0.1) is 6.92 Å². The van der Waals surface area contributed by atoms with E-state index >= 15 is 0 Å². The third kappa shape index (κ3) is 2.88. The molecule has 3 aromatic rings. The molecule has 0 saturated carbocycles. The maximum absolute atomic E-state index is 13.0. The highest BCUT2D eigenvalue weighted by atomic mass is 35.5. The van der Waals surface area contributed by atoms with E-state index in [4.69, 9.17) is 16.3 Å². The summed E-state index contributed by atoms with van der Waals surface area (Å²) in [5.74, 6) is 0. The fourth-order valence-corrected chi connectivity index (χ4v) is 4.33. The molecule has 0 N–H and O–H groups in total. The van der Waals surface area contributed by atoms with Gasteiger partial charge in [-0.15, -0.1) is 0 Å². The van der Waals surface area contributed by atoms with Crippen LogP contribution in [0.2, 0.25) is 5.02 Å². The summed E-state index contributed by atoms with van der Waals surface area (Å²) in [7, 11) is -3.75. The molecule has 4 rings (SSSR count). The Balaban J connectivity index is 1.78. The molecule has 0 bridgehead atoms. The summed E-state index contributed by atoms with van der Waals surface area (Å²) in [5.41, 5.74) is 2.17. The van der Waals surface area contributed by atoms with Gasteiger partial charge in [-0.25, -0.2) is 12.4 Å². The fourth-order valence-electron chi connectivity index (χ4n) is 2.69. The number of ether oxygens (including phenoxy) is 1. The number of hydrogen-bond donors (Lipinski definition) is 0. The van der Waals surface area contributed by atoms with Crippen molar-refractivity contribution in [1.82, 2.24) is 13.8 Å². The summed E-state index contributed by atoms with van der Waals surface area (Å²) in [6.07, 6.45) is 4.88. The highest BCUT2D eigenvalue weighted by Crippen LogP contribution is 2.30. The van der Waals surface area contributed by atoms with Gasteiger partial charge in [0.15, 0.2) is 0 Å². The molecule has 0 spiro atoms. The highest BCUT2D eigenvalue weighted by molar-refractivity contribution is 7.90. The molecule has 6 nitrogen and oxygen atoms in total. The van der Waals surface area contributed by atoms with Gasteiger partial charge in [-0.3, -0.25) is 4.68 Å². The largest absolute Gasteiger partial charge is 0.377 e. The van der Waals surface area contributed by atoms with Crippen LogP contribution in [0.4, 0.5) is 0 Å². The second kappa shape index (κ2) is 6.01. The first-order chi connectivity index (χ1) is 11.9. The first-order valence-electron chi connectivity index (χ1n) is 7.77. The zero-order valence-electron chi connectivity index (χ0n) is 13.5. The Bertz CT molecular complexity index is 1020. The Hall–Kier alpha value is -2.09. The molecular weight excluding hydrogens is 362 g/mol. The van der Waals surface area contributed by atoms with Gasteiger partial charge < -0.3 is 4.74 Å². The molecule has 1 fully saturated rings. The maximum atomic E-state index is 13.0. The van der Waals surface area contributed by atoms with Crippen molar-refractivity contribution < 1.29 is 13.2 Å². The third-order valence-electron chi connectivity index (χ3n) is 4.22. The Morgan fingerprint density at radius 1 is 1.20 bits per heavy atom. The standard InChI is InChI=1S/C17H16ClN3O3S/c1-12-2-4-16(5-3-12)25(22,23)21-9-14(18)6-17(21)13-7-19-20(8-13)15-10-24-11-15/h2-9,15H,10-11H2,1H3. The van der Waals surface area contributed by atoms with Crippen molar-refractivity contribution in [3.63, 3.8) is 0 Å². The number of benzene rings is 1. The topological polar surface area (TPSA) is 66.1 Å². The van der Waals surface area contributed by atoms with E-state index in [1.54, 1.807) is 41.2 Å². The van der Waals surface area contributed by atoms with Crippen LogP contribution in [-0.2, 0) is 14.8 Å². The van der Waals surface area contributed by atoms with E-state index in [0.717, 1.165) is 5.56 Å². The lowest BCUT2D eigenvalue weighted by Crippen LogP contribution is -2.30. The second-order valence-electron chi connectivity index (χ2n) is 6.06. The van der Waals surface area contributed by atoms with E-state index in [2.05, 4.69) is 5.10 Å². The van der Waals surface area contributed by atoms with Crippen LogP contribution in [0.25, 0.3) is 11.3 Å². The van der Waals surface area contributed by atoms with Crippen LogP contribution in [0.3, 0.4) is 0 Å². The monoisotopic (exact) mass is 377 g/mol. The van der Waals surface area contributed by atoms with E-state index in [-0.39, 0.29) is 10.9 Å². The zero-order valence-corrected chi connectivity index (χ0v) is 15.0. The van der Waals surface area contributed by atoms with Crippen molar-refractivity contribution in [2.24, 2.45) is 0 Å². The van der Waals surface area contributed by atoms with Gasteiger partial charge in [-0.2, -0.15) is 5.10 Å². The molecule has 2 aromatic heterocycles. The molecule has 8 heteroatoms. The molecule has 25 heavy (non-hydrogen) atoms. The summed E-state index contributed by atoms with van der Waals surface area (Å²) in [6, 6.07) is 8.56. The first-order valence-corrected chi connectivity index (χ1v) is 9.59. The Morgan fingerprint density at radius 2 is 1.92 bits per heavy atom. The van der Waals surface area contributed by atoms with E-state index in [1.165, 1.54) is 10.2 Å². The predicted molar refractivity (Wildman–Crippen MR) is 94.3 cm³/mol. The van der Waals surface area contributed by atoms with Crippen LogP contribution in [-0.4, -0.2) is 35.4 Å². The summed E-state index contributed by atoms with van der Waals surface area (Å²) in [6.45, 7) is 3.14. The molecule has 0 unspecified atom stereocenters. The summed E-state index contributed by atoms with van der Waals surface area (Å²) in [4.78, 5) is 0.214. The Kier molecular flexibility index (Phi) is 3.94. The quantitative estimate of drug-likeness (QED) is 0.700. The van der Waals surface area contributed by atoms with Gasteiger partial charge in [0, 0.05) is 18.0 Å². The summed E-state index contributed by atoms with van der Waals surface area (Å²) < 4.78 is 34.2. The summed E-state index contributed by atoms with van der Waals surface area (Å²) in [5, 5.41) is 4.67. The van der Waals surface area contributed by atoms with Crippen LogP contribution >= 0.6 is 11.6 Å². The third-order valence-corrected chi connectivity index (χ3v) is 6.12. The number of hydrogen-bond acceptors (Lipinski definition) is 4. The van der Waals surface area contributed by atoms with E-state index < -0.39 is 10.0 Å². The van der Waals surface area contributed by atoms with Crippen molar-refractivity contribution in [2.45, 2.75) is 17.9 Å². The smallest absolute Gasteiger partial charge is 0.268 e. The number of aromatic nitrogens is 3. The Morgan fingerprint density at radius 3 is 2.56 bits per heavy atom. The van der Waals surface area contributed by atoms with Gasteiger partial charge in [0.1, 0.15) is 0 Å². The van der Waals surface area contributed by atoms with Gasteiger partial charge in [-0.1, -0.05) is 29.3 Å². The summed E-state index contributed by atoms with van der Waals surface area (Å²) >= 11 is 6.11. The molecule has 1 aromatic carbocycles. The van der Waals surface area contributed by atoms with Gasteiger partial charge in [0.2, 0.25) is 0 Å². The lowest BCUT2D eigenvalue weighted by molar-refractivity contribution is -0.0286. The minimum absolute atomic E-state index is 0.196. The van der Waals surface area contributed by atoms with Crippen LogP contribution in [0.15, 0.2) is 53.8 Å². The van der Waals surface area contributed by atoms with Crippen molar-refractivity contribution in [1.29, 1.82) is 0 Å². The minimum Gasteiger partial charge on any atom is -0.377 e. The molecule has 0 atom stereocenters. The normalized spacial score (nSPS) is 15.3. The van der Waals surface area contributed by atoms with E-state index in [9.17, 15) is 8.42 Å². The van der Waals surface area contributed by atoms with Crippen molar-refractivity contribution >= 4 is 21.6 Å². The zero-order chi connectivity index (χ0) is 17.6. The Labute approximate surface area is 150 Å². The molecule has 1 aliphatic heterocycles. The van der Waals surface area contributed by atoms with Gasteiger partial charge >= 0.3 is 0 Å². The molecule has 0 radical (unpaired) electrons. The lowest BCUT2D eigenvalue weighted by atomic mass is 10.2. The molecule has 0 aliphatic carbocycles. The number of rotatable bonds is 4. The molecule has 1 saturated heterocycles. The predicted octanol–water partition coefficient (Wildman–Crippen LogP) is 3.12. The average molecular weight is 378 g/mol. The minimum atomic E-state index is -3.75. The maximum Gasteiger partial charge on any atom is 0.268 e. The molecule has 1 aliphatic rings. The van der Waals surface area contributed by atoms with Gasteiger partial charge in [0.25, 0.3) is 10.0 Å². The number of nitrogens with zero attached hydrogens (tertiary/aromatic N) is 3. The van der Waals surface area contributed by atoms with Crippen LogP contribution in [0.1, 0.15) is 11.6 Å². The van der Waals surface area contributed by atoms with Crippen molar-refractivity contribution in [3.05, 3.63) is 59.5 Å². The number of aryl methyl sites for hydroxylation is 1. The molecular formula is C17H16ClN3O3S. The van der Waals surface area contributed by atoms with Crippen LogP contribution in [0.5, 0.6) is 0 Å². The van der Waals surface area contributed by atoms with Crippen molar-refractivity contribution in [2.75, 3.05) is 13.2 Å². The van der Waals surface area contributed by atoms with E-state index in [0.29, 0.717) is 29.5 Å². The molecule has 3 heterocycles. The van der Waals surface area contributed by atoms with Gasteiger partial charge in [-0.05, 0) is 25.1 Å². The van der Waals surface area contributed by atoms with Crippen molar-refractivity contribution in [3.8, 4) is 11.3 Å². The number of halogens is 1. The highest BCUT2D eigenvalue weighted by Gasteiger charge is 2.25. The SMILES string of the molecule is Cc1ccc(S(=O)(=O)n2cc(Cl)cc2-c2cnn(C3COC3)c2)cc1. The average Bonchev–Trinajstić information content (AvgIpc) is 3.13. The lowest BCUT2D eigenvalue weighted by Gasteiger charge is -2.25. The molecule has 0 amide bonds. The van der Waals surface area contributed by atoms with E-state index in [1.807, 2.05) is 13.1 Å².